The van der Waals surface area contributed by atoms with Crippen LogP contribution in [-0.2, 0) is 4.74 Å². The second-order valence-electron chi connectivity index (χ2n) is 7.47. The minimum absolute atomic E-state index is 0.0827. The summed E-state index contributed by atoms with van der Waals surface area (Å²) in [5, 5.41) is 2.55. The summed E-state index contributed by atoms with van der Waals surface area (Å²) in [4.78, 5) is 24.0. The van der Waals surface area contributed by atoms with Crippen LogP contribution in [0.3, 0.4) is 0 Å². The summed E-state index contributed by atoms with van der Waals surface area (Å²) in [6, 6.07) is 21.3. The van der Waals surface area contributed by atoms with Crippen LogP contribution >= 0.6 is 11.6 Å². The van der Waals surface area contributed by atoms with Gasteiger partial charge < -0.3 is 9.64 Å². The summed E-state index contributed by atoms with van der Waals surface area (Å²) in [5.41, 5.74) is 3.27. The fourth-order valence-corrected chi connectivity index (χ4v) is 4.08. The van der Waals surface area contributed by atoms with Crippen LogP contribution < -0.4 is 0 Å². The van der Waals surface area contributed by atoms with Crippen LogP contribution in [0.4, 0.5) is 0 Å². The molecular weight excluding hydrogens is 410 g/mol. The number of amides is 1. The number of carbonyl (C=O) groups is 1. The lowest BCUT2D eigenvalue weighted by molar-refractivity contribution is -0.0248. The van der Waals surface area contributed by atoms with E-state index in [0.29, 0.717) is 30.4 Å². The number of nitrogens with zero attached hydrogens (tertiary/aromatic N) is 3. The number of fused-ring (bicyclic) bond motifs is 1. The quantitative estimate of drug-likeness (QED) is 0.451. The molecule has 2 aromatic carbocycles. The highest BCUT2D eigenvalue weighted by Crippen LogP contribution is 2.27. The number of pyridine rings is 2. The molecule has 2 aromatic heterocycles. The monoisotopic (exact) mass is 429 g/mol. The Morgan fingerprint density at radius 1 is 1.00 bits per heavy atom. The van der Waals surface area contributed by atoms with Gasteiger partial charge in [0.2, 0.25) is 0 Å². The number of halogens is 1. The molecule has 1 atom stereocenters. The summed E-state index contributed by atoms with van der Waals surface area (Å²) in [7, 11) is 0. The maximum absolute atomic E-state index is 13.2. The molecule has 1 aliphatic rings. The first kappa shape index (κ1) is 19.7. The molecule has 1 amide bonds. The maximum Gasteiger partial charge on any atom is 0.273 e. The first-order chi connectivity index (χ1) is 15.2. The van der Waals surface area contributed by atoms with Gasteiger partial charge in [-0.05, 0) is 35.2 Å². The number of carbonyl (C=O) groups excluding carboxylic acids is 1. The van der Waals surface area contributed by atoms with Crippen LogP contribution in [0.1, 0.15) is 22.3 Å². The van der Waals surface area contributed by atoms with Crippen molar-refractivity contribution in [2.75, 3.05) is 19.7 Å². The van der Waals surface area contributed by atoms with Gasteiger partial charge in [0.25, 0.3) is 5.91 Å². The molecule has 1 fully saturated rings. The fourth-order valence-electron chi connectivity index (χ4n) is 3.89. The molecule has 4 aromatic rings. The fraction of sp³-hybridized carbons (Fsp3) is 0.160. The van der Waals surface area contributed by atoms with Crippen LogP contribution in [0.15, 0.2) is 79.1 Å². The van der Waals surface area contributed by atoms with E-state index in [4.69, 9.17) is 16.3 Å². The Morgan fingerprint density at radius 3 is 2.74 bits per heavy atom. The van der Waals surface area contributed by atoms with Crippen molar-refractivity contribution in [2.45, 2.75) is 6.10 Å². The van der Waals surface area contributed by atoms with E-state index in [0.717, 1.165) is 27.6 Å². The predicted octanol–water partition coefficient (Wildman–Crippen LogP) is 5.16. The number of aromatic nitrogens is 2. The normalized spacial score (nSPS) is 16.4. The van der Waals surface area contributed by atoms with Crippen LogP contribution in [0.25, 0.3) is 21.9 Å². The number of ether oxygens (including phenoxy) is 1. The minimum Gasteiger partial charge on any atom is -0.368 e. The summed E-state index contributed by atoms with van der Waals surface area (Å²) in [6.45, 7) is 1.42. The maximum atomic E-state index is 13.2. The van der Waals surface area contributed by atoms with Crippen molar-refractivity contribution < 1.29 is 9.53 Å². The zero-order chi connectivity index (χ0) is 21.2. The van der Waals surface area contributed by atoms with E-state index in [2.05, 4.69) is 9.97 Å². The molecule has 6 heteroatoms. The van der Waals surface area contributed by atoms with Gasteiger partial charge in [-0.1, -0.05) is 54.1 Å². The Bertz CT molecular complexity index is 1240. The SMILES string of the molecule is O=C(c1nccc2ccccc12)N1CCO[C@H](c2ccc(-c3cccc(Cl)c3)cn2)C1. The highest BCUT2D eigenvalue weighted by Gasteiger charge is 2.28. The lowest BCUT2D eigenvalue weighted by atomic mass is 10.1. The van der Waals surface area contributed by atoms with Gasteiger partial charge in [-0.25, -0.2) is 0 Å². The zero-order valence-electron chi connectivity index (χ0n) is 16.7. The summed E-state index contributed by atoms with van der Waals surface area (Å²) in [6.07, 6.45) is 3.22. The molecule has 31 heavy (non-hydrogen) atoms. The summed E-state index contributed by atoms with van der Waals surface area (Å²) < 4.78 is 5.93. The van der Waals surface area contributed by atoms with Crippen molar-refractivity contribution in [2.24, 2.45) is 0 Å². The summed E-state index contributed by atoms with van der Waals surface area (Å²) in [5.74, 6) is -0.0827. The van der Waals surface area contributed by atoms with Gasteiger partial charge in [0.05, 0.1) is 18.8 Å². The highest BCUT2D eigenvalue weighted by atomic mass is 35.5. The highest BCUT2D eigenvalue weighted by molar-refractivity contribution is 6.30. The number of hydrogen-bond donors (Lipinski definition) is 0. The van der Waals surface area contributed by atoms with Gasteiger partial charge >= 0.3 is 0 Å². The third-order valence-corrected chi connectivity index (χ3v) is 5.74. The minimum atomic E-state index is -0.277. The molecule has 154 valence electrons. The van der Waals surface area contributed by atoms with Crippen molar-refractivity contribution in [3.05, 3.63) is 95.5 Å². The second-order valence-corrected chi connectivity index (χ2v) is 7.91. The van der Waals surface area contributed by atoms with Crippen LogP contribution in [0.5, 0.6) is 0 Å². The average molecular weight is 430 g/mol. The van der Waals surface area contributed by atoms with Gasteiger partial charge in [0.1, 0.15) is 11.8 Å². The molecule has 5 rings (SSSR count). The third-order valence-electron chi connectivity index (χ3n) is 5.50. The molecule has 1 saturated heterocycles. The van der Waals surface area contributed by atoms with Gasteiger partial charge in [0, 0.05) is 34.9 Å². The molecule has 5 nitrogen and oxygen atoms in total. The van der Waals surface area contributed by atoms with Crippen LogP contribution in [-0.4, -0.2) is 40.5 Å². The van der Waals surface area contributed by atoms with Crippen molar-refractivity contribution in [1.82, 2.24) is 14.9 Å². The number of benzene rings is 2. The first-order valence-electron chi connectivity index (χ1n) is 10.2. The second kappa shape index (κ2) is 8.46. The van der Waals surface area contributed by atoms with Gasteiger partial charge in [-0.3, -0.25) is 14.8 Å². The largest absolute Gasteiger partial charge is 0.368 e. The topological polar surface area (TPSA) is 55.3 Å². The smallest absolute Gasteiger partial charge is 0.273 e. The summed E-state index contributed by atoms with van der Waals surface area (Å²) >= 11 is 6.10. The standard InChI is InChI=1S/C25H20ClN3O2/c26-20-6-3-5-18(14-20)19-8-9-22(28-15-19)23-16-29(12-13-31-23)25(30)24-21-7-2-1-4-17(21)10-11-27-24/h1-11,14-15,23H,12-13,16H2/t23-/m0/s1. The molecule has 1 aliphatic heterocycles. The number of morpholine rings is 1. The molecule has 0 N–H and O–H groups in total. The molecular formula is C25H20ClN3O2. The van der Waals surface area contributed by atoms with Gasteiger partial charge in [0.15, 0.2) is 0 Å². The van der Waals surface area contributed by atoms with Crippen molar-refractivity contribution in [1.29, 1.82) is 0 Å². The van der Waals surface area contributed by atoms with E-state index < -0.39 is 0 Å². The first-order valence-corrected chi connectivity index (χ1v) is 10.5. The Hall–Kier alpha value is -3.28. The Balaban J connectivity index is 1.36. The zero-order valence-corrected chi connectivity index (χ0v) is 17.5. The van der Waals surface area contributed by atoms with E-state index in [1.165, 1.54) is 0 Å². The Morgan fingerprint density at radius 2 is 1.90 bits per heavy atom. The lowest BCUT2D eigenvalue weighted by Crippen LogP contribution is -2.42. The van der Waals surface area contributed by atoms with E-state index in [9.17, 15) is 4.79 Å². The van der Waals surface area contributed by atoms with Crippen LogP contribution in [0.2, 0.25) is 5.02 Å². The number of rotatable bonds is 3. The molecule has 0 bridgehead atoms. The molecule has 0 radical (unpaired) electrons. The molecule has 0 aliphatic carbocycles. The van der Waals surface area contributed by atoms with Gasteiger partial charge in [-0.15, -0.1) is 0 Å². The van der Waals surface area contributed by atoms with Crippen LogP contribution in [0, 0.1) is 0 Å². The van der Waals surface area contributed by atoms with Crippen molar-refractivity contribution in [3.8, 4) is 11.1 Å². The van der Waals surface area contributed by atoms with Crippen molar-refractivity contribution in [3.63, 3.8) is 0 Å². The number of hydrogen-bond acceptors (Lipinski definition) is 4. The Kier molecular flexibility index (Phi) is 5.37. The van der Waals surface area contributed by atoms with E-state index >= 15 is 0 Å². The van der Waals surface area contributed by atoms with E-state index in [-0.39, 0.29) is 12.0 Å². The van der Waals surface area contributed by atoms with E-state index in [1.807, 2.05) is 72.9 Å². The van der Waals surface area contributed by atoms with Gasteiger partial charge in [-0.2, -0.15) is 0 Å². The average Bonchev–Trinajstić information content (AvgIpc) is 2.83. The van der Waals surface area contributed by atoms with Crippen molar-refractivity contribution >= 4 is 28.3 Å². The predicted molar refractivity (Wildman–Crippen MR) is 121 cm³/mol. The van der Waals surface area contributed by atoms with E-state index in [1.54, 1.807) is 11.1 Å². The molecule has 3 heterocycles. The molecule has 0 unspecified atom stereocenters. The third kappa shape index (κ3) is 4.02. The molecule has 0 saturated carbocycles. The lowest BCUT2D eigenvalue weighted by Gasteiger charge is -2.32. The molecule has 0 spiro atoms. The Labute approximate surface area is 185 Å².